The van der Waals surface area contributed by atoms with E-state index in [1.807, 2.05) is 30.2 Å². The second kappa shape index (κ2) is 7.23. The number of amides is 1. The third kappa shape index (κ3) is 3.88. The van der Waals surface area contributed by atoms with Gasteiger partial charge in [0.2, 0.25) is 5.91 Å². The average molecular weight is 346 g/mol. The SMILES string of the molecule is CNCC(=O)N1CC[C@@H](c2nc(C)cc(Nc3nc(C)cs3)n2)C1. The number of aromatic nitrogens is 3. The van der Waals surface area contributed by atoms with E-state index in [2.05, 4.69) is 25.6 Å². The van der Waals surface area contributed by atoms with Crippen molar-refractivity contribution in [2.75, 3.05) is 32.0 Å². The zero-order valence-electron chi connectivity index (χ0n) is 14.2. The first-order valence-electron chi connectivity index (χ1n) is 8.02. The number of carbonyl (C=O) groups excluding carboxylic acids is 1. The van der Waals surface area contributed by atoms with Crippen molar-refractivity contribution < 1.29 is 4.79 Å². The van der Waals surface area contributed by atoms with Crippen LogP contribution in [0.5, 0.6) is 0 Å². The molecule has 1 atom stereocenters. The van der Waals surface area contributed by atoms with E-state index in [1.165, 1.54) is 0 Å². The lowest BCUT2D eigenvalue weighted by atomic mass is 10.1. The summed E-state index contributed by atoms with van der Waals surface area (Å²) in [6.07, 6.45) is 0.898. The molecule has 1 saturated heterocycles. The lowest BCUT2D eigenvalue weighted by Crippen LogP contribution is -2.35. The van der Waals surface area contributed by atoms with Crippen LogP contribution < -0.4 is 10.6 Å². The molecule has 0 spiro atoms. The van der Waals surface area contributed by atoms with E-state index < -0.39 is 0 Å². The molecule has 1 amide bonds. The lowest BCUT2D eigenvalue weighted by Gasteiger charge is -2.16. The average Bonchev–Trinajstić information content (AvgIpc) is 3.16. The summed E-state index contributed by atoms with van der Waals surface area (Å²) in [6, 6.07) is 1.92. The highest BCUT2D eigenvalue weighted by Gasteiger charge is 2.29. The van der Waals surface area contributed by atoms with Crippen molar-refractivity contribution in [1.29, 1.82) is 0 Å². The number of likely N-dealkylation sites (N-methyl/N-ethyl adjacent to an activating group) is 1. The van der Waals surface area contributed by atoms with E-state index >= 15 is 0 Å². The number of anilines is 2. The second-order valence-corrected chi connectivity index (χ2v) is 6.89. The van der Waals surface area contributed by atoms with Crippen LogP contribution in [0.25, 0.3) is 0 Å². The minimum absolute atomic E-state index is 0.129. The van der Waals surface area contributed by atoms with Gasteiger partial charge in [-0.05, 0) is 27.3 Å². The molecule has 1 aliphatic rings. The molecule has 3 rings (SSSR count). The van der Waals surface area contributed by atoms with Gasteiger partial charge in [-0.3, -0.25) is 4.79 Å². The molecule has 24 heavy (non-hydrogen) atoms. The zero-order valence-corrected chi connectivity index (χ0v) is 15.0. The molecule has 0 aromatic carbocycles. The van der Waals surface area contributed by atoms with E-state index in [4.69, 9.17) is 0 Å². The normalized spacial score (nSPS) is 17.3. The fraction of sp³-hybridized carbons (Fsp3) is 0.500. The van der Waals surface area contributed by atoms with Gasteiger partial charge in [0.15, 0.2) is 5.13 Å². The fourth-order valence-electron chi connectivity index (χ4n) is 2.82. The second-order valence-electron chi connectivity index (χ2n) is 6.03. The molecule has 1 aliphatic heterocycles. The van der Waals surface area contributed by atoms with E-state index in [-0.39, 0.29) is 11.8 Å². The van der Waals surface area contributed by atoms with E-state index in [9.17, 15) is 4.79 Å². The van der Waals surface area contributed by atoms with Crippen LogP contribution in [0.4, 0.5) is 10.9 Å². The Bertz CT molecular complexity index is 731. The van der Waals surface area contributed by atoms with Gasteiger partial charge in [-0.2, -0.15) is 0 Å². The predicted octanol–water partition coefficient (Wildman–Crippen LogP) is 1.83. The van der Waals surface area contributed by atoms with Crippen molar-refractivity contribution in [3.8, 4) is 0 Å². The summed E-state index contributed by atoms with van der Waals surface area (Å²) in [5.74, 6) is 1.87. The van der Waals surface area contributed by atoms with Crippen molar-refractivity contribution in [2.45, 2.75) is 26.2 Å². The molecule has 0 unspecified atom stereocenters. The third-order valence-corrected chi connectivity index (χ3v) is 4.84. The lowest BCUT2D eigenvalue weighted by molar-refractivity contribution is -0.129. The molecule has 2 aromatic heterocycles. The van der Waals surface area contributed by atoms with Crippen molar-refractivity contribution in [3.05, 3.63) is 28.7 Å². The first-order chi connectivity index (χ1) is 11.5. The summed E-state index contributed by atoms with van der Waals surface area (Å²) in [4.78, 5) is 27.5. The fourth-order valence-corrected chi connectivity index (χ4v) is 3.51. The number of hydrogen-bond donors (Lipinski definition) is 2. The van der Waals surface area contributed by atoms with Crippen molar-refractivity contribution in [2.24, 2.45) is 0 Å². The number of nitrogens with one attached hydrogen (secondary N) is 2. The molecule has 2 N–H and O–H groups in total. The highest BCUT2D eigenvalue weighted by atomic mass is 32.1. The molecule has 7 nitrogen and oxygen atoms in total. The Labute approximate surface area is 145 Å². The van der Waals surface area contributed by atoms with Crippen LogP contribution >= 0.6 is 11.3 Å². The van der Waals surface area contributed by atoms with Gasteiger partial charge in [0.05, 0.1) is 12.2 Å². The highest BCUT2D eigenvalue weighted by molar-refractivity contribution is 7.13. The minimum Gasteiger partial charge on any atom is -0.341 e. The summed E-state index contributed by atoms with van der Waals surface area (Å²) in [5, 5.41) is 8.98. The summed E-state index contributed by atoms with van der Waals surface area (Å²) in [5.41, 5.74) is 1.90. The summed E-state index contributed by atoms with van der Waals surface area (Å²) < 4.78 is 0. The molecule has 0 bridgehead atoms. The van der Waals surface area contributed by atoms with Gasteiger partial charge in [0, 0.05) is 36.1 Å². The Morgan fingerprint density at radius 2 is 2.17 bits per heavy atom. The van der Waals surface area contributed by atoms with Crippen molar-refractivity contribution in [3.63, 3.8) is 0 Å². The van der Waals surface area contributed by atoms with Crippen LogP contribution in [-0.2, 0) is 4.79 Å². The van der Waals surface area contributed by atoms with Gasteiger partial charge in [-0.25, -0.2) is 15.0 Å². The monoisotopic (exact) mass is 346 g/mol. The van der Waals surface area contributed by atoms with Gasteiger partial charge in [0.1, 0.15) is 11.6 Å². The molecule has 0 radical (unpaired) electrons. The Hall–Kier alpha value is -2.06. The Balaban J connectivity index is 1.73. The quantitative estimate of drug-likeness (QED) is 0.859. The number of thiazole rings is 1. The maximum Gasteiger partial charge on any atom is 0.236 e. The van der Waals surface area contributed by atoms with Gasteiger partial charge >= 0.3 is 0 Å². The maximum atomic E-state index is 12.0. The molecule has 8 heteroatoms. The molecule has 0 saturated carbocycles. The smallest absolute Gasteiger partial charge is 0.236 e. The van der Waals surface area contributed by atoms with Gasteiger partial charge < -0.3 is 15.5 Å². The van der Waals surface area contributed by atoms with Crippen molar-refractivity contribution in [1.82, 2.24) is 25.2 Å². The van der Waals surface area contributed by atoms with Crippen LogP contribution in [0.1, 0.15) is 29.6 Å². The molecular formula is C16H22N6OS. The topological polar surface area (TPSA) is 83.0 Å². The number of carbonyl (C=O) groups is 1. The van der Waals surface area contributed by atoms with E-state index in [0.717, 1.165) is 41.1 Å². The predicted molar refractivity (Wildman–Crippen MR) is 94.8 cm³/mol. The Morgan fingerprint density at radius 3 is 2.88 bits per heavy atom. The van der Waals surface area contributed by atoms with E-state index in [1.54, 1.807) is 18.4 Å². The highest BCUT2D eigenvalue weighted by Crippen LogP contribution is 2.27. The first-order valence-corrected chi connectivity index (χ1v) is 8.90. The van der Waals surface area contributed by atoms with Crippen LogP contribution in [0, 0.1) is 13.8 Å². The Kier molecular flexibility index (Phi) is 5.06. The van der Waals surface area contributed by atoms with Gasteiger partial charge in [-0.15, -0.1) is 11.3 Å². The molecule has 128 valence electrons. The standard InChI is InChI=1S/C16H22N6OS/c1-10-6-13(21-16-19-11(2)9-24-16)20-15(18-10)12-4-5-22(8-12)14(23)7-17-3/h6,9,12,17H,4-5,7-8H2,1-3H3,(H,18,19,20,21)/t12-/m1/s1. The molecule has 3 heterocycles. The molecule has 2 aromatic rings. The zero-order chi connectivity index (χ0) is 17.1. The summed E-state index contributed by atoms with van der Waals surface area (Å²) >= 11 is 1.56. The van der Waals surface area contributed by atoms with Crippen LogP contribution in [0.15, 0.2) is 11.4 Å². The Morgan fingerprint density at radius 1 is 1.33 bits per heavy atom. The largest absolute Gasteiger partial charge is 0.341 e. The van der Waals surface area contributed by atoms with Crippen LogP contribution in [0.3, 0.4) is 0 Å². The number of rotatable bonds is 5. The minimum atomic E-state index is 0.129. The maximum absolute atomic E-state index is 12.0. The third-order valence-electron chi connectivity index (χ3n) is 3.96. The van der Waals surface area contributed by atoms with Crippen molar-refractivity contribution >= 4 is 28.2 Å². The molecule has 1 fully saturated rings. The first kappa shape index (κ1) is 16.8. The summed E-state index contributed by atoms with van der Waals surface area (Å²) in [6.45, 7) is 5.74. The van der Waals surface area contributed by atoms with Crippen LogP contribution in [-0.4, -0.2) is 52.4 Å². The molecular weight excluding hydrogens is 324 g/mol. The van der Waals surface area contributed by atoms with Crippen LogP contribution in [0.2, 0.25) is 0 Å². The molecule has 0 aliphatic carbocycles. The van der Waals surface area contributed by atoms with Gasteiger partial charge in [-0.1, -0.05) is 0 Å². The number of likely N-dealkylation sites (tertiary alicyclic amines) is 1. The van der Waals surface area contributed by atoms with Gasteiger partial charge in [0.25, 0.3) is 0 Å². The number of hydrogen-bond acceptors (Lipinski definition) is 7. The summed E-state index contributed by atoms with van der Waals surface area (Å²) in [7, 11) is 1.79. The number of nitrogens with zero attached hydrogens (tertiary/aromatic N) is 4. The van der Waals surface area contributed by atoms with E-state index in [0.29, 0.717) is 13.1 Å². The number of aryl methyl sites for hydroxylation is 2.